The van der Waals surface area contributed by atoms with Gasteiger partial charge in [-0.1, -0.05) is 22.0 Å². The second-order valence-electron chi connectivity index (χ2n) is 4.11. The molecule has 5 heteroatoms. The van der Waals surface area contributed by atoms with Gasteiger partial charge in [0, 0.05) is 5.57 Å². The Hall–Kier alpha value is -0.840. The lowest BCUT2D eigenvalue weighted by molar-refractivity contribution is -0.148. The Balaban J connectivity index is 0.000000181. The number of ether oxygens (including phenoxy) is 1. The zero-order valence-corrected chi connectivity index (χ0v) is 11.5. The molecule has 0 amide bonds. The largest absolute Gasteiger partial charge is 0.478 e. The molecule has 2 aliphatic rings. The number of aliphatic carboxylic acids is 1. The monoisotopic (exact) mass is 304 g/mol. The van der Waals surface area contributed by atoms with Gasteiger partial charge in [-0.15, -0.1) is 0 Å². The molecule has 96 valence electrons. The van der Waals surface area contributed by atoms with Gasteiger partial charge in [-0.3, -0.25) is 4.79 Å². The first-order chi connectivity index (χ1) is 7.99. The zero-order chi connectivity index (χ0) is 12.9. The van der Waals surface area contributed by atoms with Gasteiger partial charge in [0.05, 0.1) is 6.61 Å². The van der Waals surface area contributed by atoms with E-state index >= 15 is 0 Å². The van der Waals surface area contributed by atoms with Crippen LogP contribution in [0.3, 0.4) is 0 Å². The predicted octanol–water partition coefficient (Wildman–Crippen LogP) is 2.66. The molecule has 1 N–H and O–H groups in total. The van der Waals surface area contributed by atoms with E-state index in [1.165, 1.54) is 0 Å². The lowest BCUT2D eigenvalue weighted by Crippen LogP contribution is -2.40. The molecule has 2 aliphatic carbocycles. The first kappa shape index (κ1) is 14.2. The minimum absolute atomic E-state index is 0.0961. The summed E-state index contributed by atoms with van der Waals surface area (Å²) in [6.07, 6.45) is 6.42. The van der Waals surface area contributed by atoms with Crippen LogP contribution in [0.5, 0.6) is 0 Å². The Labute approximate surface area is 109 Å². The van der Waals surface area contributed by atoms with Gasteiger partial charge in [0.15, 0.2) is 0 Å². The molecule has 0 spiro atoms. The van der Waals surface area contributed by atoms with Crippen molar-refractivity contribution in [3.8, 4) is 0 Å². The van der Waals surface area contributed by atoms with Crippen LogP contribution in [0.25, 0.3) is 0 Å². The molecule has 1 fully saturated rings. The van der Waals surface area contributed by atoms with Gasteiger partial charge in [-0.05, 0) is 39.0 Å². The molecular weight excluding hydrogens is 288 g/mol. The number of alkyl halides is 1. The van der Waals surface area contributed by atoms with Crippen LogP contribution in [-0.2, 0) is 14.3 Å². The quantitative estimate of drug-likeness (QED) is 0.643. The van der Waals surface area contributed by atoms with E-state index < -0.39 is 5.97 Å². The van der Waals surface area contributed by atoms with Crippen LogP contribution < -0.4 is 0 Å². The van der Waals surface area contributed by atoms with Crippen molar-refractivity contribution in [2.75, 3.05) is 6.61 Å². The second-order valence-corrected chi connectivity index (χ2v) is 5.63. The third-order valence-electron chi connectivity index (χ3n) is 2.87. The summed E-state index contributed by atoms with van der Waals surface area (Å²) in [5, 5.41) is 8.16. The Morgan fingerprint density at radius 3 is 2.29 bits per heavy atom. The van der Waals surface area contributed by atoms with Crippen LogP contribution in [0.4, 0.5) is 0 Å². The van der Waals surface area contributed by atoms with Crippen molar-refractivity contribution in [2.24, 2.45) is 0 Å². The van der Waals surface area contributed by atoms with Gasteiger partial charge in [0.1, 0.15) is 4.32 Å². The van der Waals surface area contributed by atoms with Crippen molar-refractivity contribution in [3.63, 3.8) is 0 Å². The average Bonchev–Trinajstić information content (AvgIpc) is 2.11. The zero-order valence-electron chi connectivity index (χ0n) is 9.87. The molecule has 0 aliphatic heterocycles. The lowest BCUT2D eigenvalue weighted by Gasteiger charge is -2.33. The smallest absolute Gasteiger partial charge is 0.331 e. The molecule has 2 rings (SSSR count). The van der Waals surface area contributed by atoms with Crippen LogP contribution in [0.1, 0.15) is 39.0 Å². The number of allylic oxidation sites excluding steroid dienone is 1. The minimum atomic E-state index is -0.758. The topological polar surface area (TPSA) is 63.6 Å². The summed E-state index contributed by atoms with van der Waals surface area (Å²) >= 11 is 3.36. The number of hydrogen-bond donors (Lipinski definition) is 1. The van der Waals surface area contributed by atoms with Crippen LogP contribution in [0.15, 0.2) is 11.6 Å². The molecule has 0 unspecified atom stereocenters. The van der Waals surface area contributed by atoms with E-state index in [1.807, 2.05) is 6.92 Å². The fraction of sp³-hybridized carbons (Fsp3) is 0.667. The highest BCUT2D eigenvalue weighted by Gasteiger charge is 2.42. The van der Waals surface area contributed by atoms with Gasteiger partial charge in [-0.25, -0.2) is 4.79 Å². The molecule has 0 saturated heterocycles. The molecular formula is C12H17BrO4. The molecule has 4 nitrogen and oxygen atoms in total. The van der Waals surface area contributed by atoms with Crippen molar-refractivity contribution in [1.82, 2.24) is 0 Å². The van der Waals surface area contributed by atoms with E-state index in [0.29, 0.717) is 12.2 Å². The van der Waals surface area contributed by atoms with Crippen LogP contribution in [0, 0.1) is 0 Å². The fourth-order valence-corrected chi connectivity index (χ4v) is 2.11. The number of halogens is 1. The Morgan fingerprint density at radius 1 is 1.53 bits per heavy atom. The summed E-state index contributed by atoms with van der Waals surface area (Å²) < 4.78 is 4.55. The molecule has 0 aromatic carbocycles. The highest BCUT2D eigenvalue weighted by molar-refractivity contribution is 9.10. The van der Waals surface area contributed by atoms with E-state index in [0.717, 1.165) is 32.1 Å². The molecule has 0 aromatic heterocycles. The predicted molar refractivity (Wildman–Crippen MR) is 67.1 cm³/mol. The molecule has 17 heavy (non-hydrogen) atoms. The van der Waals surface area contributed by atoms with Gasteiger partial charge in [-0.2, -0.15) is 0 Å². The van der Waals surface area contributed by atoms with E-state index in [2.05, 4.69) is 15.9 Å². The number of carboxylic acids is 1. The third-order valence-corrected chi connectivity index (χ3v) is 3.98. The molecule has 0 aromatic rings. The molecule has 1 saturated carbocycles. The van der Waals surface area contributed by atoms with Crippen molar-refractivity contribution >= 4 is 27.9 Å². The number of carboxylic acid groups (broad SMARTS) is 1. The van der Waals surface area contributed by atoms with Gasteiger partial charge in [0.2, 0.25) is 0 Å². The SMILES string of the molecule is CCOC(=O)C1(Br)CCC1.O=C(O)C1=CCC1. The molecule has 0 heterocycles. The fourth-order valence-electron chi connectivity index (χ4n) is 1.43. The maximum absolute atomic E-state index is 11.1. The number of carbonyl (C=O) groups excluding carboxylic acids is 1. The highest BCUT2D eigenvalue weighted by atomic mass is 79.9. The summed E-state index contributed by atoms with van der Waals surface area (Å²) in [7, 11) is 0. The lowest BCUT2D eigenvalue weighted by atomic mass is 9.85. The van der Waals surface area contributed by atoms with Crippen molar-refractivity contribution in [2.45, 2.75) is 43.4 Å². The summed E-state index contributed by atoms with van der Waals surface area (Å²) in [5.74, 6) is -0.854. The van der Waals surface area contributed by atoms with Gasteiger partial charge >= 0.3 is 11.9 Å². The first-order valence-corrected chi connectivity index (χ1v) is 6.57. The molecule has 0 bridgehead atoms. The first-order valence-electron chi connectivity index (χ1n) is 5.78. The highest BCUT2D eigenvalue weighted by Crippen LogP contribution is 2.40. The average molecular weight is 305 g/mol. The van der Waals surface area contributed by atoms with Crippen molar-refractivity contribution < 1.29 is 19.4 Å². The number of esters is 1. The third kappa shape index (κ3) is 3.84. The minimum Gasteiger partial charge on any atom is -0.478 e. The van der Waals surface area contributed by atoms with Crippen LogP contribution in [-0.4, -0.2) is 28.0 Å². The van der Waals surface area contributed by atoms with Crippen molar-refractivity contribution in [3.05, 3.63) is 11.6 Å². The van der Waals surface area contributed by atoms with Crippen LogP contribution >= 0.6 is 15.9 Å². The van der Waals surface area contributed by atoms with Crippen LogP contribution in [0.2, 0.25) is 0 Å². The Kier molecular flexibility index (Phi) is 5.18. The molecule has 0 radical (unpaired) electrons. The summed E-state index contributed by atoms with van der Waals surface area (Å²) in [6.45, 7) is 2.30. The molecule has 0 atom stereocenters. The number of hydrogen-bond acceptors (Lipinski definition) is 3. The van der Waals surface area contributed by atoms with E-state index in [4.69, 9.17) is 9.84 Å². The second kappa shape index (κ2) is 6.19. The summed E-state index contributed by atoms with van der Waals surface area (Å²) in [4.78, 5) is 21.0. The van der Waals surface area contributed by atoms with Crippen molar-refractivity contribution in [1.29, 1.82) is 0 Å². The van der Waals surface area contributed by atoms with Gasteiger partial charge < -0.3 is 9.84 Å². The summed E-state index contributed by atoms with van der Waals surface area (Å²) in [6, 6.07) is 0. The summed E-state index contributed by atoms with van der Waals surface area (Å²) in [5.41, 5.74) is 0.569. The normalized spacial score (nSPS) is 19.8. The standard InChI is InChI=1S/C7H11BrO2.C5H6O2/c1-2-10-6(9)7(8)4-3-5-7;6-5(7)4-2-1-3-4/h2-5H2,1H3;2H,1,3H2,(H,6,7). The Morgan fingerprint density at radius 2 is 2.12 bits per heavy atom. The van der Waals surface area contributed by atoms with E-state index in [-0.39, 0.29) is 10.3 Å². The Bertz CT molecular complexity index is 331. The maximum atomic E-state index is 11.1. The number of carbonyl (C=O) groups is 2. The number of rotatable bonds is 3. The van der Waals surface area contributed by atoms with E-state index in [9.17, 15) is 9.59 Å². The van der Waals surface area contributed by atoms with Gasteiger partial charge in [0.25, 0.3) is 0 Å². The van der Waals surface area contributed by atoms with E-state index in [1.54, 1.807) is 6.08 Å². The maximum Gasteiger partial charge on any atom is 0.331 e.